The first-order chi connectivity index (χ1) is 11.1. The largest absolute Gasteiger partial charge is 0.485 e. The van der Waals surface area contributed by atoms with Crippen LogP contribution in [0.25, 0.3) is 0 Å². The number of pyridine rings is 1. The molecule has 2 aromatic rings. The van der Waals surface area contributed by atoms with E-state index < -0.39 is 0 Å². The molecule has 0 bridgehead atoms. The average molecular weight is 332 g/mol. The van der Waals surface area contributed by atoms with Gasteiger partial charge in [-0.15, -0.1) is 11.3 Å². The van der Waals surface area contributed by atoms with Crippen LogP contribution in [0.1, 0.15) is 21.8 Å². The molecule has 0 unspecified atom stereocenters. The number of aryl methyl sites for hydroxylation is 1. The van der Waals surface area contributed by atoms with E-state index in [1.54, 1.807) is 11.7 Å². The third-order valence-electron chi connectivity index (χ3n) is 3.84. The molecular formula is C16H20N4O2S. The van der Waals surface area contributed by atoms with Crippen LogP contribution in [0.15, 0.2) is 23.8 Å². The number of anilines is 1. The number of nitrogens with zero attached hydrogens (tertiary/aromatic N) is 4. The van der Waals surface area contributed by atoms with Gasteiger partial charge in [0.05, 0.1) is 17.7 Å². The maximum Gasteiger partial charge on any atom is 0.265 e. The lowest BCUT2D eigenvalue weighted by Crippen LogP contribution is -2.31. The first kappa shape index (κ1) is 15.7. The number of carbonyl (C=O) groups excluding carboxylic acids is 1. The number of rotatable bonds is 4. The summed E-state index contributed by atoms with van der Waals surface area (Å²) in [6.45, 7) is 3.17. The standard InChI is InChI=1S/C16H20N4O2S/c1-11-14(23-10-18-11)16(21)20-8-6-12(9-20)22-13-5-4-7-17-15(13)19(2)3/h4-5,7,10,12H,6,8-9H2,1-3H3/t12-/m1/s1. The summed E-state index contributed by atoms with van der Waals surface area (Å²) in [5.41, 5.74) is 2.51. The highest BCUT2D eigenvalue weighted by Crippen LogP contribution is 2.27. The molecule has 6 nitrogen and oxygen atoms in total. The van der Waals surface area contributed by atoms with Crippen LogP contribution < -0.4 is 9.64 Å². The van der Waals surface area contributed by atoms with Crippen molar-refractivity contribution in [3.8, 4) is 5.75 Å². The summed E-state index contributed by atoms with van der Waals surface area (Å²) < 4.78 is 6.09. The summed E-state index contributed by atoms with van der Waals surface area (Å²) in [6.07, 6.45) is 2.57. The topological polar surface area (TPSA) is 58.6 Å². The second-order valence-electron chi connectivity index (χ2n) is 5.77. The maximum absolute atomic E-state index is 12.5. The van der Waals surface area contributed by atoms with Crippen LogP contribution in [-0.4, -0.2) is 54.1 Å². The van der Waals surface area contributed by atoms with Crippen molar-refractivity contribution in [3.05, 3.63) is 34.4 Å². The molecule has 0 aliphatic carbocycles. The number of hydrogen-bond donors (Lipinski definition) is 0. The lowest BCUT2D eigenvalue weighted by atomic mass is 10.3. The first-order valence-electron chi connectivity index (χ1n) is 7.54. The third-order valence-corrected chi connectivity index (χ3v) is 4.76. The van der Waals surface area contributed by atoms with E-state index in [4.69, 9.17) is 4.74 Å². The number of ether oxygens (including phenoxy) is 1. The number of likely N-dealkylation sites (tertiary alicyclic amines) is 1. The Morgan fingerprint density at radius 3 is 2.96 bits per heavy atom. The van der Waals surface area contributed by atoms with Crippen molar-refractivity contribution in [1.29, 1.82) is 0 Å². The molecule has 1 saturated heterocycles. The second kappa shape index (κ2) is 6.54. The van der Waals surface area contributed by atoms with Crippen LogP contribution in [-0.2, 0) is 0 Å². The summed E-state index contributed by atoms with van der Waals surface area (Å²) in [4.78, 5) is 25.5. The van der Waals surface area contributed by atoms with E-state index in [1.165, 1.54) is 11.3 Å². The molecule has 0 N–H and O–H groups in total. The van der Waals surface area contributed by atoms with Crippen molar-refractivity contribution >= 4 is 23.1 Å². The van der Waals surface area contributed by atoms with Crippen LogP contribution in [0.4, 0.5) is 5.82 Å². The smallest absolute Gasteiger partial charge is 0.265 e. The zero-order chi connectivity index (χ0) is 16.4. The second-order valence-corrected chi connectivity index (χ2v) is 6.62. The zero-order valence-corrected chi connectivity index (χ0v) is 14.3. The number of amides is 1. The fraction of sp³-hybridized carbons (Fsp3) is 0.438. The van der Waals surface area contributed by atoms with Gasteiger partial charge in [-0.25, -0.2) is 9.97 Å². The lowest BCUT2D eigenvalue weighted by Gasteiger charge is -2.20. The molecule has 23 heavy (non-hydrogen) atoms. The Morgan fingerprint density at radius 2 is 2.26 bits per heavy atom. The first-order valence-corrected chi connectivity index (χ1v) is 8.42. The van der Waals surface area contributed by atoms with Crippen molar-refractivity contribution < 1.29 is 9.53 Å². The van der Waals surface area contributed by atoms with Gasteiger partial charge >= 0.3 is 0 Å². The Balaban J connectivity index is 1.67. The van der Waals surface area contributed by atoms with E-state index in [9.17, 15) is 4.79 Å². The Morgan fingerprint density at radius 1 is 1.43 bits per heavy atom. The van der Waals surface area contributed by atoms with Gasteiger partial charge in [-0.1, -0.05) is 0 Å². The molecule has 2 aromatic heterocycles. The molecule has 0 saturated carbocycles. The summed E-state index contributed by atoms with van der Waals surface area (Å²) in [5, 5.41) is 0. The third kappa shape index (κ3) is 3.29. The van der Waals surface area contributed by atoms with Crippen LogP contribution in [0.5, 0.6) is 5.75 Å². The van der Waals surface area contributed by atoms with Gasteiger partial charge in [0, 0.05) is 33.3 Å². The molecule has 0 radical (unpaired) electrons. The summed E-state index contributed by atoms with van der Waals surface area (Å²) in [5.74, 6) is 1.61. The molecule has 122 valence electrons. The van der Waals surface area contributed by atoms with E-state index in [-0.39, 0.29) is 12.0 Å². The highest BCUT2D eigenvalue weighted by atomic mass is 32.1. The van der Waals surface area contributed by atoms with Crippen LogP contribution in [0, 0.1) is 6.92 Å². The fourth-order valence-corrected chi connectivity index (χ4v) is 3.42. The minimum atomic E-state index is -0.00456. The molecular weight excluding hydrogens is 312 g/mol. The van der Waals surface area contributed by atoms with E-state index in [0.29, 0.717) is 13.1 Å². The molecule has 7 heteroatoms. The number of carbonyl (C=O) groups is 1. The fourth-order valence-electron chi connectivity index (χ4n) is 2.65. The normalized spacial score (nSPS) is 17.3. The van der Waals surface area contributed by atoms with Gasteiger partial charge in [0.1, 0.15) is 11.0 Å². The Labute approximate surface area is 139 Å². The molecule has 1 amide bonds. The predicted molar refractivity (Wildman–Crippen MR) is 90.4 cm³/mol. The highest BCUT2D eigenvalue weighted by molar-refractivity contribution is 7.11. The Hall–Kier alpha value is -2.15. The SMILES string of the molecule is Cc1ncsc1C(=O)N1CC[C@@H](Oc2cccnc2N(C)C)C1. The van der Waals surface area contributed by atoms with Gasteiger partial charge in [0.25, 0.3) is 5.91 Å². The molecule has 1 atom stereocenters. The lowest BCUT2D eigenvalue weighted by molar-refractivity contribution is 0.0776. The Bertz CT molecular complexity index is 701. The number of hydrogen-bond acceptors (Lipinski definition) is 6. The quantitative estimate of drug-likeness (QED) is 0.859. The molecule has 3 heterocycles. The summed E-state index contributed by atoms with van der Waals surface area (Å²) in [6, 6.07) is 3.78. The van der Waals surface area contributed by atoms with Gasteiger partial charge in [-0.05, 0) is 19.1 Å². The van der Waals surface area contributed by atoms with E-state index in [2.05, 4.69) is 9.97 Å². The minimum absolute atomic E-state index is 0.00456. The van der Waals surface area contributed by atoms with Crippen molar-refractivity contribution in [2.24, 2.45) is 0 Å². The van der Waals surface area contributed by atoms with Gasteiger partial charge in [0.15, 0.2) is 11.6 Å². The van der Waals surface area contributed by atoms with Crippen molar-refractivity contribution in [1.82, 2.24) is 14.9 Å². The van der Waals surface area contributed by atoms with Gasteiger partial charge in [0.2, 0.25) is 0 Å². The summed E-state index contributed by atoms with van der Waals surface area (Å²) in [7, 11) is 3.87. The number of aromatic nitrogens is 2. The molecule has 1 aliphatic heterocycles. The average Bonchev–Trinajstić information content (AvgIpc) is 3.16. The highest BCUT2D eigenvalue weighted by Gasteiger charge is 2.30. The summed E-state index contributed by atoms with van der Waals surface area (Å²) >= 11 is 1.40. The van der Waals surface area contributed by atoms with Gasteiger partial charge < -0.3 is 14.5 Å². The van der Waals surface area contributed by atoms with Crippen molar-refractivity contribution in [2.45, 2.75) is 19.4 Å². The van der Waals surface area contributed by atoms with Crippen LogP contribution in [0.2, 0.25) is 0 Å². The van der Waals surface area contributed by atoms with Gasteiger partial charge in [-0.3, -0.25) is 4.79 Å². The Kier molecular flexibility index (Phi) is 4.47. The van der Waals surface area contributed by atoms with E-state index in [0.717, 1.165) is 28.6 Å². The monoisotopic (exact) mass is 332 g/mol. The van der Waals surface area contributed by atoms with E-state index >= 15 is 0 Å². The van der Waals surface area contributed by atoms with Crippen LogP contribution >= 0.6 is 11.3 Å². The van der Waals surface area contributed by atoms with Crippen molar-refractivity contribution in [3.63, 3.8) is 0 Å². The molecule has 3 rings (SSSR count). The molecule has 1 fully saturated rings. The minimum Gasteiger partial charge on any atom is -0.485 e. The number of thiazole rings is 1. The predicted octanol–water partition coefficient (Wildman–Crippen LogP) is 2.21. The van der Waals surface area contributed by atoms with E-state index in [1.807, 2.05) is 43.0 Å². The molecule has 0 spiro atoms. The molecule has 0 aromatic carbocycles. The maximum atomic E-state index is 12.5. The zero-order valence-electron chi connectivity index (χ0n) is 13.5. The van der Waals surface area contributed by atoms with Gasteiger partial charge in [-0.2, -0.15) is 0 Å². The molecule has 1 aliphatic rings. The van der Waals surface area contributed by atoms with Crippen molar-refractivity contribution in [2.75, 3.05) is 32.1 Å². The van der Waals surface area contributed by atoms with Crippen LogP contribution in [0.3, 0.4) is 0 Å².